The van der Waals surface area contributed by atoms with Crippen LogP contribution in [0.2, 0.25) is 0 Å². The van der Waals surface area contributed by atoms with Crippen LogP contribution in [0.15, 0.2) is 24.3 Å². The summed E-state index contributed by atoms with van der Waals surface area (Å²) in [5, 5.41) is 0. The molecule has 1 aromatic rings. The van der Waals surface area contributed by atoms with E-state index in [4.69, 9.17) is 0 Å². The van der Waals surface area contributed by atoms with Gasteiger partial charge < -0.3 is 4.90 Å². The Morgan fingerprint density at radius 2 is 1.88 bits per heavy atom. The second-order valence-electron chi connectivity index (χ2n) is 4.73. The summed E-state index contributed by atoms with van der Waals surface area (Å²) in [6.45, 7) is 10.4. The van der Waals surface area contributed by atoms with Gasteiger partial charge in [0.25, 0.3) is 0 Å². The highest BCUT2D eigenvalue weighted by Crippen LogP contribution is 2.22. The molecule has 0 aliphatic carbocycles. The Balaban J connectivity index is 3.05. The quantitative estimate of drug-likeness (QED) is 0.697. The van der Waals surface area contributed by atoms with Gasteiger partial charge in [-0.05, 0) is 25.0 Å². The van der Waals surface area contributed by atoms with Crippen LogP contribution >= 0.6 is 0 Å². The van der Waals surface area contributed by atoms with Crippen LogP contribution in [0, 0.1) is 5.92 Å². The van der Waals surface area contributed by atoms with E-state index < -0.39 is 0 Å². The van der Waals surface area contributed by atoms with Gasteiger partial charge in [0.15, 0.2) is 5.78 Å². The summed E-state index contributed by atoms with van der Waals surface area (Å²) in [4.78, 5) is 14.2. The summed E-state index contributed by atoms with van der Waals surface area (Å²) in [6.07, 6.45) is 0.566. The number of Topliss-reactive ketones (excluding diaryl/α,β-unsaturated/α-hetero) is 1. The van der Waals surface area contributed by atoms with E-state index >= 15 is 0 Å². The SMILES string of the molecule is CCC(=O)c1ccccc1N(CC)CC(C)C. The topological polar surface area (TPSA) is 20.3 Å². The third kappa shape index (κ3) is 3.58. The highest BCUT2D eigenvalue weighted by Gasteiger charge is 2.14. The van der Waals surface area contributed by atoms with E-state index in [2.05, 4.69) is 31.7 Å². The molecule has 2 heteroatoms. The zero-order chi connectivity index (χ0) is 12.8. The lowest BCUT2D eigenvalue weighted by Crippen LogP contribution is -2.28. The van der Waals surface area contributed by atoms with Crippen molar-refractivity contribution in [1.29, 1.82) is 0 Å². The van der Waals surface area contributed by atoms with Gasteiger partial charge in [-0.2, -0.15) is 0 Å². The van der Waals surface area contributed by atoms with Crippen molar-refractivity contribution in [3.05, 3.63) is 29.8 Å². The maximum Gasteiger partial charge on any atom is 0.164 e. The number of hydrogen-bond acceptors (Lipinski definition) is 2. The number of benzene rings is 1. The number of para-hydroxylation sites is 1. The summed E-state index contributed by atoms with van der Waals surface area (Å²) in [5.74, 6) is 0.822. The first-order chi connectivity index (χ1) is 8.10. The summed E-state index contributed by atoms with van der Waals surface area (Å²) in [5.41, 5.74) is 1.94. The summed E-state index contributed by atoms with van der Waals surface area (Å²) >= 11 is 0. The standard InChI is InChI=1S/C15H23NO/c1-5-15(17)13-9-7-8-10-14(13)16(6-2)11-12(3)4/h7-10,12H,5-6,11H2,1-4H3. The lowest BCUT2D eigenvalue weighted by molar-refractivity contribution is 0.0988. The molecule has 1 aromatic carbocycles. The molecule has 2 nitrogen and oxygen atoms in total. The minimum absolute atomic E-state index is 0.225. The van der Waals surface area contributed by atoms with Crippen LogP contribution in [0.4, 0.5) is 5.69 Å². The van der Waals surface area contributed by atoms with Crippen LogP contribution in [0.3, 0.4) is 0 Å². The predicted octanol–water partition coefficient (Wildman–Crippen LogP) is 3.76. The van der Waals surface area contributed by atoms with Gasteiger partial charge in [-0.15, -0.1) is 0 Å². The van der Waals surface area contributed by atoms with E-state index in [1.165, 1.54) is 0 Å². The van der Waals surface area contributed by atoms with Crippen LogP contribution in [-0.2, 0) is 0 Å². The molecule has 17 heavy (non-hydrogen) atoms. The van der Waals surface area contributed by atoms with E-state index in [1.54, 1.807) is 0 Å². The molecule has 0 fully saturated rings. The van der Waals surface area contributed by atoms with Gasteiger partial charge in [0, 0.05) is 30.8 Å². The van der Waals surface area contributed by atoms with Gasteiger partial charge in [0.1, 0.15) is 0 Å². The number of carbonyl (C=O) groups is 1. The molecule has 0 radical (unpaired) electrons. The minimum atomic E-state index is 0.225. The van der Waals surface area contributed by atoms with Gasteiger partial charge in [-0.3, -0.25) is 4.79 Å². The Kier molecular flexibility index (Phi) is 5.20. The molecule has 0 unspecified atom stereocenters. The van der Waals surface area contributed by atoms with E-state index in [0.717, 1.165) is 24.3 Å². The second kappa shape index (κ2) is 6.43. The molecule has 0 saturated carbocycles. The molecular formula is C15H23NO. The highest BCUT2D eigenvalue weighted by atomic mass is 16.1. The lowest BCUT2D eigenvalue weighted by Gasteiger charge is -2.27. The molecule has 0 bridgehead atoms. The molecule has 0 amide bonds. The average molecular weight is 233 g/mol. The Labute approximate surface area is 105 Å². The van der Waals surface area contributed by atoms with Crippen LogP contribution < -0.4 is 4.90 Å². The second-order valence-corrected chi connectivity index (χ2v) is 4.73. The smallest absolute Gasteiger partial charge is 0.164 e. The van der Waals surface area contributed by atoms with E-state index in [0.29, 0.717) is 12.3 Å². The zero-order valence-electron chi connectivity index (χ0n) is 11.4. The Morgan fingerprint density at radius 3 is 2.41 bits per heavy atom. The number of rotatable bonds is 6. The lowest BCUT2D eigenvalue weighted by atomic mass is 10.0. The van der Waals surface area contributed by atoms with Crippen molar-refractivity contribution >= 4 is 11.5 Å². The van der Waals surface area contributed by atoms with Crippen LogP contribution in [0.5, 0.6) is 0 Å². The highest BCUT2D eigenvalue weighted by molar-refractivity contribution is 6.01. The summed E-state index contributed by atoms with van der Waals surface area (Å²) in [6, 6.07) is 7.93. The fourth-order valence-corrected chi connectivity index (χ4v) is 2.01. The molecule has 0 N–H and O–H groups in total. The van der Waals surface area contributed by atoms with Crippen molar-refractivity contribution in [1.82, 2.24) is 0 Å². The number of carbonyl (C=O) groups excluding carboxylic acids is 1. The van der Waals surface area contributed by atoms with E-state index in [9.17, 15) is 4.79 Å². The molecule has 0 heterocycles. The largest absolute Gasteiger partial charge is 0.371 e. The van der Waals surface area contributed by atoms with Crippen molar-refractivity contribution in [3.8, 4) is 0 Å². The third-order valence-corrected chi connectivity index (χ3v) is 2.83. The molecular weight excluding hydrogens is 210 g/mol. The Bertz CT molecular complexity index is 371. The first-order valence-corrected chi connectivity index (χ1v) is 6.47. The molecule has 0 aliphatic heterocycles. The Morgan fingerprint density at radius 1 is 1.24 bits per heavy atom. The van der Waals surface area contributed by atoms with Crippen molar-refractivity contribution in [2.24, 2.45) is 5.92 Å². The predicted molar refractivity (Wildman–Crippen MR) is 73.8 cm³/mol. The van der Waals surface area contributed by atoms with Crippen LogP contribution in [-0.4, -0.2) is 18.9 Å². The van der Waals surface area contributed by atoms with Crippen LogP contribution in [0.25, 0.3) is 0 Å². The van der Waals surface area contributed by atoms with E-state index in [-0.39, 0.29) is 5.78 Å². The summed E-state index contributed by atoms with van der Waals surface area (Å²) < 4.78 is 0. The maximum atomic E-state index is 11.9. The number of ketones is 1. The average Bonchev–Trinajstić information content (AvgIpc) is 2.34. The van der Waals surface area contributed by atoms with Gasteiger partial charge in [-0.1, -0.05) is 32.9 Å². The monoisotopic (exact) mass is 233 g/mol. The fourth-order valence-electron chi connectivity index (χ4n) is 2.01. The zero-order valence-corrected chi connectivity index (χ0v) is 11.4. The molecule has 1 rings (SSSR count). The number of anilines is 1. The fraction of sp³-hybridized carbons (Fsp3) is 0.533. The Hall–Kier alpha value is -1.31. The van der Waals surface area contributed by atoms with Gasteiger partial charge >= 0.3 is 0 Å². The molecule has 0 spiro atoms. The first kappa shape index (κ1) is 13.8. The third-order valence-electron chi connectivity index (χ3n) is 2.83. The molecule has 0 atom stereocenters. The number of nitrogens with zero attached hydrogens (tertiary/aromatic N) is 1. The molecule has 0 saturated heterocycles. The van der Waals surface area contributed by atoms with Crippen LogP contribution in [0.1, 0.15) is 44.5 Å². The normalized spacial score (nSPS) is 10.6. The minimum Gasteiger partial charge on any atom is -0.371 e. The molecule has 0 aromatic heterocycles. The van der Waals surface area contributed by atoms with Gasteiger partial charge in [-0.25, -0.2) is 0 Å². The maximum absolute atomic E-state index is 11.9. The van der Waals surface area contributed by atoms with Crippen molar-refractivity contribution < 1.29 is 4.79 Å². The van der Waals surface area contributed by atoms with E-state index in [1.807, 2.05) is 25.1 Å². The van der Waals surface area contributed by atoms with Crippen molar-refractivity contribution in [3.63, 3.8) is 0 Å². The number of hydrogen-bond donors (Lipinski definition) is 0. The van der Waals surface area contributed by atoms with Crippen molar-refractivity contribution in [2.45, 2.75) is 34.1 Å². The van der Waals surface area contributed by atoms with Crippen molar-refractivity contribution in [2.75, 3.05) is 18.0 Å². The molecule has 94 valence electrons. The van der Waals surface area contributed by atoms with Gasteiger partial charge in [0.2, 0.25) is 0 Å². The van der Waals surface area contributed by atoms with Gasteiger partial charge in [0.05, 0.1) is 0 Å². The first-order valence-electron chi connectivity index (χ1n) is 6.47. The molecule has 0 aliphatic rings. The summed E-state index contributed by atoms with van der Waals surface area (Å²) in [7, 11) is 0.